The van der Waals surface area contributed by atoms with Crippen molar-refractivity contribution in [3.05, 3.63) is 103 Å². The standard InChI is InChI=1S/C30H30N4O3/c1-36-27-12-5-8-23(18-27)20-33(22-28-13-7-17-37-28)29(35)15-14-25-21-34(26-10-3-2-4-11-26)32-30(25)24-9-6-16-31-19-24/h2-6,8-12,14-16,18-19,21,28H,7,13,17,20,22H2,1H3/b15-14+/t28-/m0/s1. The Kier molecular flexibility index (Phi) is 7.72. The molecule has 2 aromatic carbocycles. The van der Waals surface area contributed by atoms with E-state index in [2.05, 4.69) is 4.98 Å². The number of benzene rings is 2. The van der Waals surface area contributed by atoms with Crippen LogP contribution < -0.4 is 4.74 Å². The number of amides is 1. The molecule has 7 heteroatoms. The smallest absolute Gasteiger partial charge is 0.246 e. The Bertz CT molecular complexity index is 1350. The van der Waals surface area contributed by atoms with Crippen LogP contribution in [0, 0.1) is 0 Å². The predicted octanol–water partition coefficient (Wildman–Crippen LogP) is 5.16. The monoisotopic (exact) mass is 494 g/mol. The van der Waals surface area contributed by atoms with Crippen molar-refractivity contribution in [2.24, 2.45) is 0 Å². The van der Waals surface area contributed by atoms with Crippen LogP contribution in [0.5, 0.6) is 5.75 Å². The Morgan fingerprint density at radius 3 is 2.81 bits per heavy atom. The van der Waals surface area contributed by atoms with Crippen LogP contribution >= 0.6 is 0 Å². The molecule has 0 spiro atoms. The maximum atomic E-state index is 13.5. The first-order chi connectivity index (χ1) is 18.2. The summed E-state index contributed by atoms with van der Waals surface area (Å²) in [6.07, 6.45) is 11.0. The van der Waals surface area contributed by atoms with Crippen molar-refractivity contribution in [3.63, 3.8) is 0 Å². The van der Waals surface area contributed by atoms with E-state index in [0.717, 1.165) is 53.3 Å². The number of nitrogens with zero attached hydrogens (tertiary/aromatic N) is 4. The van der Waals surface area contributed by atoms with Crippen molar-refractivity contribution in [2.75, 3.05) is 20.3 Å². The van der Waals surface area contributed by atoms with E-state index in [1.54, 1.807) is 25.6 Å². The molecule has 0 N–H and O–H groups in total. The highest BCUT2D eigenvalue weighted by Gasteiger charge is 2.22. The maximum Gasteiger partial charge on any atom is 0.246 e. The first-order valence-corrected chi connectivity index (χ1v) is 12.5. The van der Waals surface area contributed by atoms with Crippen LogP contribution in [0.2, 0.25) is 0 Å². The lowest BCUT2D eigenvalue weighted by molar-refractivity contribution is -0.128. The van der Waals surface area contributed by atoms with Gasteiger partial charge < -0.3 is 14.4 Å². The summed E-state index contributed by atoms with van der Waals surface area (Å²) < 4.78 is 13.0. The minimum atomic E-state index is -0.0806. The second-order valence-corrected chi connectivity index (χ2v) is 8.99. The molecule has 0 saturated carbocycles. The van der Waals surface area contributed by atoms with Crippen LogP contribution in [0.4, 0.5) is 0 Å². The summed E-state index contributed by atoms with van der Waals surface area (Å²) in [5.41, 5.74) is 4.43. The molecule has 1 saturated heterocycles. The van der Waals surface area contributed by atoms with Gasteiger partial charge in [-0.25, -0.2) is 4.68 Å². The summed E-state index contributed by atoms with van der Waals surface area (Å²) >= 11 is 0. The van der Waals surface area contributed by atoms with Gasteiger partial charge in [-0.3, -0.25) is 9.78 Å². The zero-order chi connectivity index (χ0) is 25.5. The quantitative estimate of drug-likeness (QED) is 0.301. The van der Waals surface area contributed by atoms with Crippen molar-refractivity contribution in [1.29, 1.82) is 0 Å². The molecule has 3 heterocycles. The lowest BCUT2D eigenvalue weighted by atomic mass is 10.1. The normalized spacial score (nSPS) is 15.2. The summed E-state index contributed by atoms with van der Waals surface area (Å²) in [7, 11) is 1.65. The van der Waals surface area contributed by atoms with E-state index in [-0.39, 0.29) is 12.0 Å². The van der Waals surface area contributed by atoms with Gasteiger partial charge in [-0.05, 0) is 60.9 Å². The number of ether oxygens (including phenoxy) is 2. The van der Waals surface area contributed by atoms with Gasteiger partial charge in [0.05, 0.1) is 18.9 Å². The van der Waals surface area contributed by atoms with Crippen LogP contribution in [0.15, 0.2) is 91.4 Å². The molecule has 0 bridgehead atoms. The molecule has 0 unspecified atom stereocenters. The van der Waals surface area contributed by atoms with E-state index in [1.807, 2.05) is 88.6 Å². The number of hydrogen-bond acceptors (Lipinski definition) is 5. The molecule has 0 aliphatic carbocycles. The number of aromatic nitrogens is 3. The first-order valence-electron chi connectivity index (χ1n) is 12.5. The number of para-hydroxylation sites is 1. The largest absolute Gasteiger partial charge is 0.497 e. The first kappa shape index (κ1) is 24.5. The molecule has 1 aliphatic heterocycles. The van der Waals surface area contributed by atoms with Gasteiger partial charge >= 0.3 is 0 Å². The van der Waals surface area contributed by atoms with Gasteiger partial charge in [0.15, 0.2) is 0 Å². The minimum Gasteiger partial charge on any atom is -0.497 e. The number of hydrogen-bond donors (Lipinski definition) is 0. The van der Waals surface area contributed by atoms with Crippen molar-refractivity contribution >= 4 is 12.0 Å². The highest BCUT2D eigenvalue weighted by molar-refractivity contribution is 5.93. The highest BCUT2D eigenvalue weighted by Crippen LogP contribution is 2.25. The number of carbonyl (C=O) groups is 1. The Morgan fingerprint density at radius 1 is 1.16 bits per heavy atom. The highest BCUT2D eigenvalue weighted by atomic mass is 16.5. The van der Waals surface area contributed by atoms with E-state index in [4.69, 9.17) is 14.6 Å². The Labute approximate surface area is 217 Å². The third-order valence-electron chi connectivity index (χ3n) is 6.37. The van der Waals surface area contributed by atoms with Gasteiger partial charge in [0.1, 0.15) is 11.4 Å². The molecule has 4 aromatic rings. The fourth-order valence-corrected chi connectivity index (χ4v) is 4.47. The summed E-state index contributed by atoms with van der Waals surface area (Å²) in [4.78, 5) is 19.6. The van der Waals surface area contributed by atoms with Crippen LogP contribution in [0.1, 0.15) is 24.0 Å². The van der Waals surface area contributed by atoms with Gasteiger partial charge in [0.2, 0.25) is 5.91 Å². The number of pyridine rings is 1. The molecular weight excluding hydrogens is 464 g/mol. The molecule has 5 rings (SSSR count). The van der Waals surface area contributed by atoms with Crippen LogP contribution in [0.3, 0.4) is 0 Å². The fraction of sp³-hybridized carbons (Fsp3) is 0.233. The van der Waals surface area contributed by atoms with Crippen molar-refractivity contribution < 1.29 is 14.3 Å². The maximum absolute atomic E-state index is 13.5. The average Bonchev–Trinajstić information content (AvgIpc) is 3.63. The van der Waals surface area contributed by atoms with E-state index < -0.39 is 0 Å². The van der Waals surface area contributed by atoms with E-state index in [0.29, 0.717) is 13.1 Å². The van der Waals surface area contributed by atoms with Gasteiger partial charge in [-0.1, -0.05) is 30.3 Å². The molecular formula is C30H30N4O3. The van der Waals surface area contributed by atoms with E-state index >= 15 is 0 Å². The van der Waals surface area contributed by atoms with Crippen LogP contribution in [-0.2, 0) is 16.1 Å². The van der Waals surface area contributed by atoms with Crippen molar-refractivity contribution in [3.8, 4) is 22.7 Å². The molecule has 1 atom stereocenters. The topological polar surface area (TPSA) is 69.5 Å². The Hall–Kier alpha value is -4.23. The molecule has 1 fully saturated rings. The summed E-state index contributed by atoms with van der Waals surface area (Å²) in [5.74, 6) is 0.690. The third-order valence-corrected chi connectivity index (χ3v) is 6.37. The molecule has 1 amide bonds. The lowest BCUT2D eigenvalue weighted by Crippen LogP contribution is -2.35. The molecule has 7 nitrogen and oxygen atoms in total. The summed E-state index contributed by atoms with van der Waals surface area (Å²) in [5, 5.41) is 4.81. The zero-order valence-electron chi connectivity index (χ0n) is 20.9. The minimum absolute atomic E-state index is 0.0507. The lowest BCUT2D eigenvalue weighted by Gasteiger charge is -2.24. The zero-order valence-corrected chi connectivity index (χ0v) is 20.9. The van der Waals surface area contributed by atoms with Crippen LogP contribution in [-0.4, -0.2) is 51.9 Å². The van der Waals surface area contributed by atoms with E-state index in [9.17, 15) is 4.79 Å². The van der Waals surface area contributed by atoms with E-state index in [1.165, 1.54) is 0 Å². The van der Waals surface area contributed by atoms with Crippen LogP contribution in [0.25, 0.3) is 23.0 Å². The molecule has 0 radical (unpaired) electrons. The van der Waals surface area contributed by atoms with Gasteiger partial charge in [-0.2, -0.15) is 5.10 Å². The molecule has 2 aromatic heterocycles. The second kappa shape index (κ2) is 11.7. The second-order valence-electron chi connectivity index (χ2n) is 8.99. The average molecular weight is 495 g/mol. The van der Waals surface area contributed by atoms with Crippen molar-refractivity contribution in [1.82, 2.24) is 19.7 Å². The molecule has 37 heavy (non-hydrogen) atoms. The van der Waals surface area contributed by atoms with Gasteiger partial charge in [-0.15, -0.1) is 0 Å². The summed E-state index contributed by atoms with van der Waals surface area (Å²) in [6.45, 7) is 1.76. The SMILES string of the molecule is COc1cccc(CN(C[C@@H]2CCCO2)C(=O)/C=C/c2cn(-c3ccccc3)nc2-c2cccnc2)c1. The fourth-order valence-electron chi connectivity index (χ4n) is 4.47. The third kappa shape index (κ3) is 6.13. The molecule has 188 valence electrons. The Morgan fingerprint density at radius 2 is 2.05 bits per heavy atom. The summed E-state index contributed by atoms with van der Waals surface area (Å²) in [6, 6.07) is 21.6. The molecule has 1 aliphatic rings. The number of carbonyl (C=O) groups excluding carboxylic acids is 1. The predicted molar refractivity (Wildman–Crippen MR) is 143 cm³/mol. The number of methoxy groups -OCH3 is 1. The van der Waals surface area contributed by atoms with Crippen molar-refractivity contribution in [2.45, 2.75) is 25.5 Å². The number of rotatable bonds is 9. The van der Waals surface area contributed by atoms with Gasteiger partial charge in [0, 0.05) is 55.5 Å². The Balaban J connectivity index is 1.43. The van der Waals surface area contributed by atoms with Gasteiger partial charge in [0.25, 0.3) is 0 Å².